The van der Waals surface area contributed by atoms with Crippen molar-refractivity contribution in [3.05, 3.63) is 62.3 Å². The summed E-state index contributed by atoms with van der Waals surface area (Å²) in [6, 6.07) is 6.55. The average Bonchev–Trinajstić information content (AvgIpc) is 2.65. The van der Waals surface area contributed by atoms with E-state index < -0.39 is 11.4 Å². The number of rotatable bonds is 7. The molecule has 0 radical (unpaired) electrons. The topological polar surface area (TPSA) is 86.2 Å². The Morgan fingerprint density at radius 1 is 1.36 bits per heavy atom. The maximum Gasteiger partial charge on any atom is 0.266 e. The first-order valence-corrected chi connectivity index (χ1v) is 9.05. The summed E-state index contributed by atoms with van der Waals surface area (Å²) in [5, 5.41) is 9.16. The van der Waals surface area contributed by atoms with Crippen molar-refractivity contribution in [1.29, 1.82) is 5.26 Å². The highest BCUT2D eigenvalue weighted by molar-refractivity contribution is 5.76. The predicted molar refractivity (Wildman–Crippen MR) is 104 cm³/mol. The van der Waals surface area contributed by atoms with E-state index >= 15 is 0 Å². The molecule has 6 nitrogen and oxygen atoms in total. The van der Waals surface area contributed by atoms with E-state index in [0.29, 0.717) is 36.3 Å². The Hall–Kier alpha value is -3.14. The van der Waals surface area contributed by atoms with Crippen molar-refractivity contribution < 1.29 is 13.9 Å². The Morgan fingerprint density at radius 3 is 2.64 bits per heavy atom. The molecule has 28 heavy (non-hydrogen) atoms. The lowest BCUT2D eigenvalue weighted by molar-refractivity contribution is -0.131. The summed E-state index contributed by atoms with van der Waals surface area (Å²) < 4.78 is 18.8. The molecule has 0 aliphatic carbocycles. The Labute approximate surface area is 163 Å². The standard InChI is InChI=1S/C21H24FN3O3/c1-5-25(12-15-6-8-19(28-4)18(22)10-15)20(26)9-7-16-13(2)17(11-23)21(27)24-14(16)3/h6,8,10H,5,7,9,12H2,1-4H3,(H,24,27). The van der Waals surface area contributed by atoms with Crippen LogP contribution in [0, 0.1) is 31.0 Å². The summed E-state index contributed by atoms with van der Waals surface area (Å²) in [5.74, 6) is -0.385. The van der Waals surface area contributed by atoms with Crippen molar-refractivity contribution in [3.63, 3.8) is 0 Å². The van der Waals surface area contributed by atoms with Crippen molar-refractivity contribution in [2.75, 3.05) is 13.7 Å². The highest BCUT2D eigenvalue weighted by Crippen LogP contribution is 2.20. The van der Waals surface area contributed by atoms with E-state index in [-0.39, 0.29) is 23.6 Å². The molecule has 1 aromatic heterocycles. The third kappa shape index (κ3) is 4.58. The van der Waals surface area contributed by atoms with Crippen LogP contribution in [0.5, 0.6) is 5.75 Å². The molecule has 0 saturated heterocycles. The fraction of sp³-hybridized carbons (Fsp3) is 0.381. The molecular formula is C21H24FN3O3. The monoisotopic (exact) mass is 385 g/mol. The number of methoxy groups -OCH3 is 1. The van der Waals surface area contributed by atoms with Gasteiger partial charge in [0.2, 0.25) is 5.91 Å². The smallest absolute Gasteiger partial charge is 0.266 e. The second-order valence-corrected chi connectivity index (χ2v) is 6.55. The minimum atomic E-state index is -0.466. The van der Waals surface area contributed by atoms with E-state index in [1.54, 1.807) is 30.9 Å². The maximum atomic E-state index is 13.9. The molecule has 0 saturated carbocycles. The van der Waals surface area contributed by atoms with Gasteiger partial charge in [-0.15, -0.1) is 0 Å². The quantitative estimate of drug-likeness (QED) is 0.794. The van der Waals surface area contributed by atoms with Crippen molar-refractivity contribution in [2.24, 2.45) is 0 Å². The van der Waals surface area contributed by atoms with Crippen LogP contribution in [0.15, 0.2) is 23.0 Å². The van der Waals surface area contributed by atoms with Crippen molar-refractivity contribution in [2.45, 2.75) is 40.2 Å². The summed E-state index contributed by atoms with van der Waals surface area (Å²) >= 11 is 0. The summed E-state index contributed by atoms with van der Waals surface area (Å²) in [7, 11) is 1.40. The molecule has 0 unspecified atom stereocenters. The third-order valence-corrected chi connectivity index (χ3v) is 4.83. The van der Waals surface area contributed by atoms with E-state index in [1.165, 1.54) is 13.2 Å². The van der Waals surface area contributed by atoms with Gasteiger partial charge in [0.1, 0.15) is 11.6 Å². The Balaban J connectivity index is 2.12. The van der Waals surface area contributed by atoms with Crippen LogP contribution in [0.2, 0.25) is 0 Å². The molecule has 0 fully saturated rings. The van der Waals surface area contributed by atoms with E-state index in [2.05, 4.69) is 4.98 Å². The number of ether oxygens (including phenoxy) is 1. The first-order chi connectivity index (χ1) is 13.3. The molecule has 1 N–H and O–H groups in total. The SMILES string of the molecule is CCN(Cc1ccc(OC)c(F)c1)C(=O)CCc1c(C)[nH]c(=O)c(C#N)c1C. The molecule has 0 aliphatic heterocycles. The highest BCUT2D eigenvalue weighted by atomic mass is 19.1. The van der Waals surface area contributed by atoms with Gasteiger partial charge < -0.3 is 14.6 Å². The number of aryl methyl sites for hydroxylation is 1. The first-order valence-electron chi connectivity index (χ1n) is 9.05. The molecule has 0 atom stereocenters. The number of aromatic amines is 1. The zero-order valence-electron chi connectivity index (χ0n) is 16.6. The van der Waals surface area contributed by atoms with Crippen LogP contribution in [-0.2, 0) is 17.8 Å². The molecule has 7 heteroatoms. The molecule has 1 amide bonds. The first kappa shape index (κ1) is 21.2. The van der Waals surface area contributed by atoms with Crippen LogP contribution in [0.4, 0.5) is 4.39 Å². The lowest BCUT2D eigenvalue weighted by Crippen LogP contribution is -2.30. The van der Waals surface area contributed by atoms with Gasteiger partial charge in [0.05, 0.1) is 7.11 Å². The van der Waals surface area contributed by atoms with Crippen LogP contribution < -0.4 is 10.3 Å². The minimum absolute atomic E-state index is 0.0779. The van der Waals surface area contributed by atoms with Gasteiger partial charge in [-0.1, -0.05) is 6.07 Å². The van der Waals surface area contributed by atoms with Crippen molar-refractivity contribution >= 4 is 5.91 Å². The average molecular weight is 385 g/mol. The molecule has 2 rings (SSSR count). The number of hydrogen-bond donors (Lipinski definition) is 1. The van der Waals surface area contributed by atoms with Crippen LogP contribution in [-0.4, -0.2) is 29.4 Å². The van der Waals surface area contributed by atoms with E-state index in [1.807, 2.05) is 13.0 Å². The number of pyridine rings is 1. The van der Waals surface area contributed by atoms with E-state index in [4.69, 9.17) is 10.00 Å². The normalized spacial score (nSPS) is 10.4. The highest BCUT2D eigenvalue weighted by Gasteiger charge is 2.17. The number of aromatic nitrogens is 1. The van der Waals surface area contributed by atoms with Gasteiger partial charge >= 0.3 is 0 Å². The molecule has 148 valence electrons. The second kappa shape index (κ2) is 9.18. The molecule has 0 aliphatic rings. The zero-order valence-corrected chi connectivity index (χ0v) is 16.6. The number of benzene rings is 1. The van der Waals surface area contributed by atoms with Gasteiger partial charge in [-0.25, -0.2) is 4.39 Å². The number of hydrogen-bond acceptors (Lipinski definition) is 4. The molecule has 0 bridgehead atoms. The number of halogens is 1. The third-order valence-electron chi connectivity index (χ3n) is 4.83. The van der Waals surface area contributed by atoms with Gasteiger partial charge in [-0.3, -0.25) is 9.59 Å². The van der Waals surface area contributed by atoms with Crippen LogP contribution in [0.1, 0.15) is 41.3 Å². The van der Waals surface area contributed by atoms with Crippen LogP contribution in [0.25, 0.3) is 0 Å². The predicted octanol–water partition coefficient (Wildman–Crippen LogP) is 2.99. The van der Waals surface area contributed by atoms with Crippen molar-refractivity contribution in [1.82, 2.24) is 9.88 Å². The number of carbonyl (C=O) groups excluding carboxylic acids is 1. The van der Waals surface area contributed by atoms with Crippen LogP contribution >= 0.6 is 0 Å². The maximum absolute atomic E-state index is 13.9. The fourth-order valence-electron chi connectivity index (χ4n) is 3.22. The molecule has 2 aromatic rings. The number of carbonyl (C=O) groups is 1. The van der Waals surface area contributed by atoms with Gasteiger partial charge in [0, 0.05) is 25.2 Å². The number of nitrogens with zero attached hydrogens (tertiary/aromatic N) is 2. The van der Waals surface area contributed by atoms with E-state index in [0.717, 1.165) is 5.56 Å². The minimum Gasteiger partial charge on any atom is -0.494 e. The van der Waals surface area contributed by atoms with Gasteiger partial charge in [0.25, 0.3) is 5.56 Å². The second-order valence-electron chi connectivity index (χ2n) is 6.55. The molecule has 1 aromatic carbocycles. The fourth-order valence-corrected chi connectivity index (χ4v) is 3.22. The molecule has 0 spiro atoms. The number of nitrogens with one attached hydrogen (secondary N) is 1. The van der Waals surface area contributed by atoms with Crippen molar-refractivity contribution in [3.8, 4) is 11.8 Å². The summed E-state index contributed by atoms with van der Waals surface area (Å²) in [5.41, 5.74) is 2.41. The largest absolute Gasteiger partial charge is 0.494 e. The molecular weight excluding hydrogens is 361 g/mol. The Bertz CT molecular complexity index is 976. The Morgan fingerprint density at radius 2 is 2.07 bits per heavy atom. The van der Waals surface area contributed by atoms with E-state index in [9.17, 15) is 14.0 Å². The Kier molecular flexibility index (Phi) is 6.94. The number of nitriles is 1. The summed E-state index contributed by atoms with van der Waals surface area (Å²) in [6.07, 6.45) is 0.639. The lowest BCUT2D eigenvalue weighted by Gasteiger charge is -2.22. The summed E-state index contributed by atoms with van der Waals surface area (Å²) in [4.78, 5) is 28.8. The van der Waals surface area contributed by atoms with Crippen LogP contribution in [0.3, 0.4) is 0 Å². The summed E-state index contributed by atoms with van der Waals surface area (Å²) in [6.45, 7) is 6.12. The number of H-pyrrole nitrogens is 1. The van der Waals surface area contributed by atoms with Gasteiger partial charge in [0.15, 0.2) is 11.6 Å². The number of amides is 1. The van der Waals surface area contributed by atoms with Gasteiger partial charge in [-0.05, 0) is 56.0 Å². The van der Waals surface area contributed by atoms with Gasteiger partial charge in [-0.2, -0.15) is 5.26 Å². The lowest BCUT2D eigenvalue weighted by atomic mass is 9.99. The molecule has 1 heterocycles. The zero-order chi connectivity index (χ0) is 20.8.